The average molecular weight is 169 g/mol. The van der Waals surface area contributed by atoms with Gasteiger partial charge in [0.05, 0.1) is 0 Å². The maximum Gasteiger partial charge on any atom is 0.223 e. The van der Waals surface area contributed by atoms with Crippen molar-refractivity contribution >= 4 is 5.84 Å². The molecule has 0 unspecified atom stereocenters. The Hall–Kier alpha value is -1.98. The first-order valence-corrected chi connectivity index (χ1v) is 3.05. The molecule has 0 aromatic carbocycles. The summed E-state index contributed by atoms with van der Waals surface area (Å²) in [5.74, 6) is -0.905. The number of aromatic hydroxyl groups is 1. The fraction of sp³-hybridized carbons (Fsp3) is 0. The molecule has 1 aromatic rings. The third-order valence-electron chi connectivity index (χ3n) is 1.30. The summed E-state index contributed by atoms with van der Waals surface area (Å²) in [6, 6.07) is 1.13. The number of oxime groups is 1. The van der Waals surface area contributed by atoms with E-state index in [-0.39, 0.29) is 11.5 Å². The molecule has 1 heterocycles. The first-order valence-electron chi connectivity index (χ1n) is 3.05. The van der Waals surface area contributed by atoms with Gasteiger partial charge in [-0.05, 0) is 0 Å². The molecule has 0 saturated carbocycles. The van der Waals surface area contributed by atoms with Gasteiger partial charge in [0.1, 0.15) is 5.69 Å². The monoisotopic (exact) mass is 169 g/mol. The zero-order valence-electron chi connectivity index (χ0n) is 5.98. The molecule has 12 heavy (non-hydrogen) atoms. The van der Waals surface area contributed by atoms with Crippen LogP contribution >= 0.6 is 0 Å². The Labute approximate surface area is 67.0 Å². The van der Waals surface area contributed by atoms with E-state index < -0.39 is 11.2 Å². The second-order valence-electron chi connectivity index (χ2n) is 2.05. The molecule has 0 amide bonds. The minimum atomic E-state index is -0.588. The highest BCUT2D eigenvalue weighted by molar-refractivity contribution is 5.97. The fourth-order valence-corrected chi connectivity index (χ4v) is 0.716. The molecular formula is C6H7N3O3. The van der Waals surface area contributed by atoms with Crippen LogP contribution in [0.15, 0.2) is 22.2 Å². The number of amidine groups is 1. The number of H-pyrrole nitrogens is 1. The minimum absolute atomic E-state index is 0.0926. The minimum Gasteiger partial charge on any atom is -0.503 e. The van der Waals surface area contributed by atoms with Crippen LogP contribution in [0.2, 0.25) is 0 Å². The van der Waals surface area contributed by atoms with Crippen molar-refractivity contribution in [3.63, 3.8) is 0 Å². The molecule has 0 aliphatic carbocycles. The zero-order valence-corrected chi connectivity index (χ0v) is 5.98. The lowest BCUT2D eigenvalue weighted by Crippen LogP contribution is -2.18. The topological polar surface area (TPSA) is 112 Å². The Morgan fingerprint density at radius 2 is 2.33 bits per heavy atom. The number of aromatic nitrogens is 1. The quantitative estimate of drug-likeness (QED) is 0.190. The van der Waals surface area contributed by atoms with Crippen molar-refractivity contribution in [1.29, 1.82) is 0 Å². The third kappa shape index (κ3) is 1.22. The van der Waals surface area contributed by atoms with E-state index >= 15 is 0 Å². The summed E-state index contributed by atoms with van der Waals surface area (Å²) >= 11 is 0. The van der Waals surface area contributed by atoms with Crippen LogP contribution in [0.25, 0.3) is 0 Å². The maximum atomic E-state index is 10.8. The lowest BCUT2D eigenvalue weighted by molar-refractivity contribution is 0.318. The fourth-order valence-electron chi connectivity index (χ4n) is 0.716. The number of nitrogens with two attached hydrogens (primary N) is 1. The van der Waals surface area contributed by atoms with E-state index in [9.17, 15) is 4.79 Å². The highest BCUT2D eigenvalue weighted by Crippen LogP contribution is 2.05. The van der Waals surface area contributed by atoms with Crippen molar-refractivity contribution in [3.8, 4) is 5.75 Å². The van der Waals surface area contributed by atoms with Gasteiger partial charge in [-0.25, -0.2) is 0 Å². The first kappa shape index (κ1) is 8.12. The summed E-state index contributed by atoms with van der Waals surface area (Å²) < 4.78 is 0. The number of aromatic amines is 1. The Bertz CT molecular complexity index is 369. The lowest BCUT2D eigenvalue weighted by Gasteiger charge is -1.99. The largest absolute Gasteiger partial charge is 0.503 e. The normalized spacial score (nSPS) is 11.5. The standard InChI is InChI=1S/C6H7N3O3/c7-6(9-12)4-5(11)3(10)1-2-8-4/h1-2,11-12H,(H2,7,9)(H,8,10). The van der Waals surface area contributed by atoms with Crippen LogP contribution < -0.4 is 11.2 Å². The third-order valence-corrected chi connectivity index (χ3v) is 1.30. The van der Waals surface area contributed by atoms with E-state index in [1.807, 2.05) is 0 Å². The highest BCUT2D eigenvalue weighted by atomic mass is 16.4. The molecular weight excluding hydrogens is 162 g/mol. The Kier molecular flexibility index (Phi) is 2.00. The van der Waals surface area contributed by atoms with Crippen LogP contribution in [0.4, 0.5) is 0 Å². The van der Waals surface area contributed by atoms with E-state index in [2.05, 4.69) is 10.1 Å². The molecule has 6 heteroatoms. The second-order valence-corrected chi connectivity index (χ2v) is 2.05. The molecule has 6 nitrogen and oxygen atoms in total. The maximum absolute atomic E-state index is 10.8. The number of rotatable bonds is 1. The smallest absolute Gasteiger partial charge is 0.223 e. The van der Waals surface area contributed by atoms with E-state index in [1.54, 1.807) is 0 Å². The van der Waals surface area contributed by atoms with Gasteiger partial charge in [0.25, 0.3) is 0 Å². The Morgan fingerprint density at radius 3 is 2.92 bits per heavy atom. The van der Waals surface area contributed by atoms with Gasteiger partial charge in [-0.3, -0.25) is 4.79 Å². The van der Waals surface area contributed by atoms with Gasteiger partial charge in [0.2, 0.25) is 5.43 Å². The Morgan fingerprint density at radius 1 is 1.67 bits per heavy atom. The number of nitrogens with one attached hydrogen (secondary N) is 1. The lowest BCUT2D eigenvalue weighted by atomic mass is 10.3. The summed E-state index contributed by atoms with van der Waals surface area (Å²) in [6.45, 7) is 0. The van der Waals surface area contributed by atoms with Crippen LogP contribution in [-0.4, -0.2) is 21.1 Å². The SMILES string of the molecule is N/C(=N\O)c1[nH]ccc(=O)c1O. The van der Waals surface area contributed by atoms with Crippen LogP contribution in [-0.2, 0) is 0 Å². The van der Waals surface area contributed by atoms with Gasteiger partial charge in [0, 0.05) is 12.3 Å². The molecule has 0 aliphatic heterocycles. The summed E-state index contributed by atoms with van der Waals surface area (Å²) in [6.07, 6.45) is 1.29. The highest BCUT2D eigenvalue weighted by Gasteiger charge is 2.08. The number of hydrogen-bond donors (Lipinski definition) is 4. The molecule has 1 rings (SSSR count). The summed E-state index contributed by atoms with van der Waals surface area (Å²) in [4.78, 5) is 13.3. The van der Waals surface area contributed by atoms with Crippen LogP contribution in [0.1, 0.15) is 5.69 Å². The van der Waals surface area contributed by atoms with Crippen molar-refractivity contribution in [1.82, 2.24) is 4.98 Å². The van der Waals surface area contributed by atoms with Gasteiger partial charge in [-0.2, -0.15) is 0 Å². The van der Waals surface area contributed by atoms with Crippen LogP contribution in [0, 0.1) is 0 Å². The van der Waals surface area contributed by atoms with Gasteiger partial charge in [0.15, 0.2) is 11.6 Å². The van der Waals surface area contributed by atoms with Crippen LogP contribution in [0.5, 0.6) is 5.75 Å². The first-order chi connectivity index (χ1) is 5.66. The predicted octanol–water partition coefficient (Wildman–Crippen LogP) is -0.825. The molecule has 5 N–H and O–H groups in total. The number of pyridine rings is 1. The molecule has 0 saturated heterocycles. The summed E-state index contributed by atoms with van der Waals surface area (Å²) in [7, 11) is 0. The predicted molar refractivity (Wildman–Crippen MR) is 41.2 cm³/mol. The molecule has 0 atom stereocenters. The van der Waals surface area contributed by atoms with E-state index in [1.165, 1.54) is 6.20 Å². The zero-order chi connectivity index (χ0) is 9.14. The molecule has 0 aliphatic rings. The van der Waals surface area contributed by atoms with Crippen molar-refractivity contribution in [2.45, 2.75) is 0 Å². The summed E-state index contributed by atoms with van der Waals surface area (Å²) in [5.41, 5.74) is 4.45. The van der Waals surface area contributed by atoms with E-state index in [0.29, 0.717) is 0 Å². The summed E-state index contributed by atoms with van der Waals surface area (Å²) in [5, 5.41) is 19.9. The molecule has 64 valence electrons. The van der Waals surface area contributed by atoms with Gasteiger partial charge in [-0.1, -0.05) is 5.16 Å². The van der Waals surface area contributed by atoms with Gasteiger partial charge in [-0.15, -0.1) is 0 Å². The van der Waals surface area contributed by atoms with Crippen molar-refractivity contribution in [2.24, 2.45) is 10.9 Å². The molecule has 0 spiro atoms. The molecule has 0 fully saturated rings. The number of nitrogens with zero attached hydrogens (tertiary/aromatic N) is 1. The van der Waals surface area contributed by atoms with Crippen molar-refractivity contribution in [3.05, 3.63) is 28.2 Å². The van der Waals surface area contributed by atoms with E-state index in [0.717, 1.165) is 6.07 Å². The average Bonchev–Trinajstić information content (AvgIpc) is 2.08. The number of hydrogen-bond acceptors (Lipinski definition) is 4. The van der Waals surface area contributed by atoms with Crippen molar-refractivity contribution in [2.75, 3.05) is 0 Å². The molecule has 0 radical (unpaired) electrons. The van der Waals surface area contributed by atoms with E-state index in [4.69, 9.17) is 16.0 Å². The molecule has 0 bridgehead atoms. The molecule has 1 aromatic heterocycles. The Balaban J connectivity index is 3.36. The van der Waals surface area contributed by atoms with Crippen molar-refractivity contribution < 1.29 is 10.3 Å². The van der Waals surface area contributed by atoms with Gasteiger partial charge >= 0.3 is 0 Å². The van der Waals surface area contributed by atoms with Gasteiger partial charge < -0.3 is 21.0 Å². The van der Waals surface area contributed by atoms with Crippen LogP contribution in [0.3, 0.4) is 0 Å². The second kappa shape index (κ2) is 2.95.